The third kappa shape index (κ3) is 4.05. The summed E-state index contributed by atoms with van der Waals surface area (Å²) in [5.74, 6) is -5.28. The van der Waals surface area contributed by atoms with E-state index in [9.17, 15) is 22.8 Å². The van der Waals surface area contributed by atoms with Crippen LogP contribution in [0.15, 0.2) is 12.1 Å². The second-order valence-electron chi connectivity index (χ2n) is 5.49. The van der Waals surface area contributed by atoms with Crippen LogP contribution in [0.3, 0.4) is 0 Å². The van der Waals surface area contributed by atoms with E-state index in [2.05, 4.69) is 0 Å². The lowest BCUT2D eigenvalue weighted by Crippen LogP contribution is -2.38. The molecule has 1 aliphatic rings. The zero-order valence-corrected chi connectivity index (χ0v) is 13.4. The zero-order valence-electron chi connectivity index (χ0n) is 13.4. The maximum absolute atomic E-state index is 13.8. The summed E-state index contributed by atoms with van der Waals surface area (Å²) in [4.78, 5) is 27.3. The van der Waals surface area contributed by atoms with Gasteiger partial charge >= 0.3 is 0 Å². The van der Waals surface area contributed by atoms with Crippen LogP contribution in [0, 0.1) is 17.5 Å². The van der Waals surface area contributed by atoms with Crippen molar-refractivity contribution >= 4 is 11.8 Å². The highest BCUT2D eigenvalue weighted by Crippen LogP contribution is 2.18. The molecule has 24 heavy (non-hydrogen) atoms. The van der Waals surface area contributed by atoms with Crippen molar-refractivity contribution in [2.45, 2.75) is 12.8 Å². The highest BCUT2D eigenvalue weighted by atomic mass is 19.2. The van der Waals surface area contributed by atoms with Crippen LogP contribution in [0.25, 0.3) is 0 Å². The Bertz CT molecular complexity index is 625. The average Bonchev–Trinajstić information content (AvgIpc) is 2.83. The summed E-state index contributed by atoms with van der Waals surface area (Å²) in [6, 6.07) is 1.66. The van der Waals surface area contributed by atoms with Gasteiger partial charge in [0.1, 0.15) is 0 Å². The molecule has 2 rings (SSSR count). The van der Waals surface area contributed by atoms with E-state index in [-0.39, 0.29) is 18.9 Å². The van der Waals surface area contributed by atoms with E-state index < -0.39 is 28.9 Å². The maximum Gasteiger partial charge on any atom is 0.257 e. The molecule has 5 nitrogen and oxygen atoms in total. The Balaban J connectivity index is 2.05. The lowest BCUT2D eigenvalue weighted by molar-refractivity contribution is -0.132. The first-order valence-corrected chi connectivity index (χ1v) is 7.65. The molecular weight excluding hydrogens is 325 g/mol. The monoisotopic (exact) mass is 344 g/mol. The van der Waals surface area contributed by atoms with E-state index in [1.54, 1.807) is 4.90 Å². The van der Waals surface area contributed by atoms with Crippen LogP contribution in [0.2, 0.25) is 0 Å². The molecule has 0 aromatic heterocycles. The van der Waals surface area contributed by atoms with Crippen LogP contribution >= 0.6 is 0 Å². The van der Waals surface area contributed by atoms with Crippen molar-refractivity contribution in [1.29, 1.82) is 0 Å². The Morgan fingerprint density at radius 3 is 2.42 bits per heavy atom. The molecule has 1 saturated heterocycles. The van der Waals surface area contributed by atoms with Crippen molar-refractivity contribution in [3.05, 3.63) is 35.1 Å². The van der Waals surface area contributed by atoms with E-state index in [0.29, 0.717) is 32.7 Å². The Morgan fingerprint density at radius 2 is 1.71 bits per heavy atom. The number of nitrogens with zero attached hydrogens (tertiary/aromatic N) is 2. The lowest BCUT2D eigenvalue weighted by Gasteiger charge is -2.22. The van der Waals surface area contributed by atoms with Gasteiger partial charge in [0.05, 0.1) is 18.6 Å². The number of carbonyl (C=O) groups excluding carboxylic acids is 2. The lowest BCUT2D eigenvalue weighted by atomic mass is 10.1. The van der Waals surface area contributed by atoms with Crippen LogP contribution in [-0.4, -0.2) is 61.5 Å². The summed E-state index contributed by atoms with van der Waals surface area (Å²) in [5.41, 5.74) is -0.506. The largest absolute Gasteiger partial charge is 0.384 e. The predicted octanol–water partition coefficient (Wildman–Crippen LogP) is 1.81. The molecule has 0 atom stereocenters. The molecule has 2 amide bonds. The van der Waals surface area contributed by atoms with Gasteiger partial charge in [-0.25, -0.2) is 13.2 Å². The number of amides is 2. The van der Waals surface area contributed by atoms with E-state index in [1.807, 2.05) is 0 Å². The van der Waals surface area contributed by atoms with Crippen LogP contribution in [0.1, 0.15) is 23.2 Å². The van der Waals surface area contributed by atoms with Crippen molar-refractivity contribution in [3.8, 4) is 0 Å². The Labute approximate surface area is 138 Å². The van der Waals surface area contributed by atoms with Gasteiger partial charge in [-0.2, -0.15) is 0 Å². The molecule has 0 saturated carbocycles. The molecule has 1 aliphatic heterocycles. The molecule has 1 heterocycles. The van der Waals surface area contributed by atoms with Gasteiger partial charge in [-0.15, -0.1) is 0 Å². The molecule has 0 spiro atoms. The van der Waals surface area contributed by atoms with Crippen molar-refractivity contribution in [3.63, 3.8) is 0 Å². The number of ether oxygens (including phenoxy) is 1. The van der Waals surface area contributed by atoms with Gasteiger partial charge < -0.3 is 14.5 Å². The Morgan fingerprint density at radius 1 is 1.04 bits per heavy atom. The topological polar surface area (TPSA) is 49.9 Å². The quantitative estimate of drug-likeness (QED) is 0.783. The standard InChI is InChI=1S/C16H19F3N2O3/c1-24-10-5-13(22)20-6-2-7-21(9-8-20)16(23)11-3-4-12(17)15(19)14(11)18/h3-4H,2,5-10H2,1H3. The minimum atomic E-state index is -1.66. The number of halogens is 3. The molecule has 1 fully saturated rings. The first-order valence-electron chi connectivity index (χ1n) is 7.65. The van der Waals surface area contributed by atoms with Gasteiger partial charge in [0.2, 0.25) is 5.91 Å². The number of carbonyl (C=O) groups is 2. The normalized spacial score (nSPS) is 15.3. The Kier molecular flexibility index (Phi) is 6.19. The molecule has 132 valence electrons. The molecular formula is C16H19F3N2O3. The molecule has 0 aliphatic carbocycles. The third-order valence-electron chi connectivity index (χ3n) is 3.92. The SMILES string of the molecule is COCCC(=O)N1CCCN(C(=O)c2ccc(F)c(F)c2F)CC1. The highest BCUT2D eigenvalue weighted by Gasteiger charge is 2.26. The van der Waals surface area contributed by atoms with Crippen LogP contribution in [0.5, 0.6) is 0 Å². The number of rotatable bonds is 4. The fraction of sp³-hybridized carbons (Fsp3) is 0.500. The Hall–Kier alpha value is -2.09. The molecule has 1 aromatic carbocycles. The number of benzene rings is 1. The fourth-order valence-corrected chi connectivity index (χ4v) is 2.58. The van der Waals surface area contributed by atoms with Crippen molar-refractivity contribution < 1.29 is 27.5 Å². The number of methoxy groups -OCH3 is 1. The first-order chi connectivity index (χ1) is 11.5. The van der Waals surface area contributed by atoms with E-state index in [1.165, 1.54) is 12.0 Å². The first kappa shape index (κ1) is 18.3. The summed E-state index contributed by atoms with van der Waals surface area (Å²) in [5, 5.41) is 0. The van der Waals surface area contributed by atoms with E-state index >= 15 is 0 Å². The number of hydrogen-bond acceptors (Lipinski definition) is 3. The number of hydrogen-bond donors (Lipinski definition) is 0. The molecule has 0 unspecified atom stereocenters. The third-order valence-corrected chi connectivity index (χ3v) is 3.92. The summed E-state index contributed by atoms with van der Waals surface area (Å²) in [6.45, 7) is 1.62. The molecule has 8 heteroatoms. The summed E-state index contributed by atoms with van der Waals surface area (Å²) >= 11 is 0. The van der Waals surface area contributed by atoms with E-state index in [4.69, 9.17) is 4.74 Å². The van der Waals surface area contributed by atoms with Gasteiger partial charge in [0.25, 0.3) is 5.91 Å². The van der Waals surface area contributed by atoms with Crippen molar-refractivity contribution in [2.24, 2.45) is 0 Å². The summed E-state index contributed by atoms with van der Waals surface area (Å²) in [7, 11) is 1.51. The molecule has 1 aromatic rings. The van der Waals surface area contributed by atoms with Crippen LogP contribution in [0.4, 0.5) is 13.2 Å². The summed E-state index contributed by atoms with van der Waals surface area (Å²) in [6.07, 6.45) is 0.776. The van der Waals surface area contributed by atoms with Gasteiger partial charge in [0.15, 0.2) is 17.5 Å². The van der Waals surface area contributed by atoms with E-state index in [0.717, 1.165) is 12.1 Å². The minimum absolute atomic E-state index is 0.0786. The van der Waals surface area contributed by atoms with Gasteiger partial charge in [-0.3, -0.25) is 9.59 Å². The van der Waals surface area contributed by atoms with Crippen LogP contribution < -0.4 is 0 Å². The van der Waals surface area contributed by atoms with Crippen molar-refractivity contribution in [1.82, 2.24) is 9.80 Å². The maximum atomic E-state index is 13.8. The smallest absolute Gasteiger partial charge is 0.257 e. The average molecular weight is 344 g/mol. The van der Waals surface area contributed by atoms with Crippen molar-refractivity contribution in [2.75, 3.05) is 39.9 Å². The van der Waals surface area contributed by atoms with Gasteiger partial charge in [-0.1, -0.05) is 0 Å². The minimum Gasteiger partial charge on any atom is -0.384 e. The fourth-order valence-electron chi connectivity index (χ4n) is 2.58. The van der Waals surface area contributed by atoms with Gasteiger partial charge in [0, 0.05) is 33.3 Å². The second-order valence-corrected chi connectivity index (χ2v) is 5.49. The van der Waals surface area contributed by atoms with Gasteiger partial charge in [-0.05, 0) is 18.6 Å². The molecule has 0 radical (unpaired) electrons. The highest BCUT2D eigenvalue weighted by molar-refractivity contribution is 5.94. The second kappa shape index (κ2) is 8.14. The molecule has 0 bridgehead atoms. The predicted molar refractivity (Wildman–Crippen MR) is 79.9 cm³/mol. The summed E-state index contributed by atoms with van der Waals surface area (Å²) < 4.78 is 44.9. The van der Waals surface area contributed by atoms with Crippen LogP contribution in [-0.2, 0) is 9.53 Å². The molecule has 0 N–H and O–H groups in total. The zero-order chi connectivity index (χ0) is 17.7.